The van der Waals surface area contributed by atoms with E-state index in [1.165, 1.54) is 69.4 Å². The van der Waals surface area contributed by atoms with E-state index >= 15 is 0 Å². The molecule has 0 spiro atoms. The quantitative estimate of drug-likeness (QED) is 0.151. The van der Waals surface area contributed by atoms with E-state index in [0.717, 1.165) is 72.5 Å². The first-order valence-corrected chi connectivity index (χ1v) is 26.0. The van der Waals surface area contributed by atoms with E-state index in [1.54, 1.807) is 0 Å². The fourth-order valence-electron chi connectivity index (χ4n) is 11.5. The molecule has 15 rings (SSSR count). The van der Waals surface area contributed by atoms with E-state index in [9.17, 15) is 0 Å². The minimum atomic E-state index is 0.905. The van der Waals surface area contributed by atoms with Crippen LogP contribution in [0.1, 0.15) is 0 Å². The summed E-state index contributed by atoms with van der Waals surface area (Å²) in [6.07, 6.45) is 0. The Morgan fingerprint density at radius 2 is 0.892 bits per heavy atom. The van der Waals surface area contributed by atoms with Crippen molar-refractivity contribution in [1.29, 1.82) is 0 Å². The van der Waals surface area contributed by atoms with Crippen molar-refractivity contribution in [2.75, 3.05) is 4.90 Å². The largest absolute Gasteiger partial charge is 0.455 e. The first kappa shape index (κ1) is 42.2. The molecule has 0 aliphatic heterocycles. The molecule has 0 saturated heterocycles. The van der Waals surface area contributed by atoms with Crippen LogP contribution < -0.4 is 4.90 Å². The number of hydrogen-bond donors (Lipinski definition) is 0. The zero-order valence-electron chi connectivity index (χ0n) is 40.1. The van der Waals surface area contributed by atoms with E-state index in [4.69, 9.17) is 4.42 Å². The molecular formula is C70H44N2OS. The van der Waals surface area contributed by atoms with Crippen molar-refractivity contribution in [3.05, 3.63) is 267 Å². The number of hydrogen-bond acceptors (Lipinski definition) is 3. The average molecular weight is 961 g/mol. The lowest BCUT2D eigenvalue weighted by Crippen LogP contribution is -2.10. The highest BCUT2D eigenvalue weighted by Crippen LogP contribution is 2.50. The maximum Gasteiger partial charge on any atom is 0.143 e. The highest BCUT2D eigenvalue weighted by molar-refractivity contribution is 7.26. The van der Waals surface area contributed by atoms with Gasteiger partial charge in [-0.05, 0) is 117 Å². The number of nitrogens with zero attached hydrogens (tertiary/aromatic N) is 2. The predicted molar refractivity (Wildman–Crippen MR) is 315 cm³/mol. The molecular weight excluding hydrogens is 917 g/mol. The Bertz CT molecular complexity index is 4590. The lowest BCUT2D eigenvalue weighted by Gasteiger charge is -2.27. The second kappa shape index (κ2) is 17.1. The molecule has 3 aromatic heterocycles. The Balaban J connectivity index is 0.850. The molecule has 3 nitrogen and oxygen atoms in total. The van der Waals surface area contributed by atoms with Gasteiger partial charge in [0.15, 0.2) is 0 Å². The minimum absolute atomic E-state index is 0.905. The van der Waals surface area contributed by atoms with Crippen molar-refractivity contribution in [2.45, 2.75) is 0 Å². The van der Waals surface area contributed by atoms with Crippen molar-refractivity contribution >= 4 is 103 Å². The predicted octanol–water partition coefficient (Wildman–Crippen LogP) is 20.3. The Morgan fingerprint density at radius 1 is 0.351 bits per heavy atom. The van der Waals surface area contributed by atoms with E-state index in [0.29, 0.717) is 0 Å². The lowest BCUT2D eigenvalue weighted by molar-refractivity contribution is 0.670. The maximum absolute atomic E-state index is 6.48. The molecule has 3 heterocycles. The Morgan fingerprint density at radius 3 is 1.64 bits per heavy atom. The van der Waals surface area contributed by atoms with E-state index in [2.05, 4.69) is 264 Å². The highest BCUT2D eigenvalue weighted by atomic mass is 32.1. The number of benzene rings is 12. The second-order valence-corrected chi connectivity index (χ2v) is 20.2. The van der Waals surface area contributed by atoms with E-state index in [1.807, 2.05) is 23.5 Å². The van der Waals surface area contributed by atoms with Crippen LogP contribution in [0.2, 0.25) is 0 Å². The van der Waals surface area contributed by atoms with Crippen LogP contribution in [0.4, 0.5) is 17.1 Å². The van der Waals surface area contributed by atoms with Gasteiger partial charge in [-0.1, -0.05) is 194 Å². The van der Waals surface area contributed by atoms with Crippen LogP contribution in [-0.2, 0) is 0 Å². The van der Waals surface area contributed by atoms with Gasteiger partial charge in [0.2, 0.25) is 0 Å². The normalized spacial score (nSPS) is 11.8. The van der Waals surface area contributed by atoms with Gasteiger partial charge in [0.25, 0.3) is 0 Å². The van der Waals surface area contributed by atoms with Gasteiger partial charge in [0.05, 0.1) is 16.7 Å². The first-order valence-electron chi connectivity index (χ1n) is 25.2. The molecule has 4 heteroatoms. The minimum Gasteiger partial charge on any atom is -0.455 e. The molecule has 0 radical (unpaired) electrons. The molecule has 0 aliphatic rings. The van der Waals surface area contributed by atoms with Gasteiger partial charge in [0.1, 0.15) is 11.2 Å². The number of fused-ring (bicyclic) bond motifs is 10. The Hall–Kier alpha value is -9.48. The summed E-state index contributed by atoms with van der Waals surface area (Å²) in [5, 5.41) is 9.79. The molecule has 0 aliphatic carbocycles. The number of thiophene rings is 1. The molecule has 15 aromatic rings. The van der Waals surface area contributed by atoms with Gasteiger partial charge in [-0.2, -0.15) is 0 Å². The molecule has 0 atom stereocenters. The highest BCUT2D eigenvalue weighted by Gasteiger charge is 2.23. The van der Waals surface area contributed by atoms with Gasteiger partial charge in [-0.25, -0.2) is 0 Å². The zero-order chi connectivity index (χ0) is 48.7. The van der Waals surface area contributed by atoms with Crippen LogP contribution >= 0.6 is 11.3 Å². The summed E-state index contributed by atoms with van der Waals surface area (Å²) in [6.45, 7) is 0. The zero-order valence-corrected chi connectivity index (χ0v) is 40.9. The molecule has 0 amide bonds. The monoisotopic (exact) mass is 960 g/mol. The van der Waals surface area contributed by atoms with Gasteiger partial charge < -0.3 is 13.9 Å². The summed E-state index contributed by atoms with van der Waals surface area (Å²) < 4.78 is 11.4. The van der Waals surface area contributed by atoms with Crippen molar-refractivity contribution in [3.63, 3.8) is 0 Å². The third kappa shape index (κ3) is 6.80. The molecule has 0 N–H and O–H groups in total. The molecule has 0 fully saturated rings. The van der Waals surface area contributed by atoms with Crippen LogP contribution in [0.5, 0.6) is 0 Å². The average Bonchev–Trinajstić information content (AvgIpc) is 4.17. The van der Waals surface area contributed by atoms with Crippen LogP contribution in [0.15, 0.2) is 271 Å². The fraction of sp³-hybridized carbons (Fsp3) is 0. The van der Waals surface area contributed by atoms with Crippen LogP contribution in [0.3, 0.4) is 0 Å². The van der Waals surface area contributed by atoms with Crippen molar-refractivity contribution < 1.29 is 4.42 Å². The van der Waals surface area contributed by atoms with Crippen LogP contribution in [0.25, 0.3) is 125 Å². The second-order valence-electron chi connectivity index (χ2n) is 19.2. The van der Waals surface area contributed by atoms with Crippen molar-refractivity contribution in [3.8, 4) is 50.2 Å². The molecule has 74 heavy (non-hydrogen) atoms. The standard InChI is InChI=1S/C70H44N2OS/c1-2-18-54-48(14-1)15-12-24-56(54)61-42-43-65(68-62-22-6-10-29-67(62)74-70(61)68)71(51-36-30-45(31-37-51)46-32-40-53(41-33-46)72-63-26-7-3-19-57(63)58-20-4-8-27-64(58)72)52-38-34-47(35-39-52)49-16-11-17-50(44-49)55-23-13-25-60-59-21-5-9-28-66(59)73-69(55)60/h1-44H. The SMILES string of the molecule is c1cc(-c2ccc(N(c3ccc(-c4ccc(-n5c6ccccc6c6ccccc65)cc4)cc3)c3ccc(-c4cccc5ccccc45)c4sc5ccccc5c34)cc2)cc(-c2cccc3c2oc2ccccc23)c1. The molecule has 0 saturated carbocycles. The van der Waals surface area contributed by atoms with Crippen molar-refractivity contribution in [1.82, 2.24) is 4.57 Å². The molecule has 0 unspecified atom stereocenters. The summed E-state index contributed by atoms with van der Waals surface area (Å²) in [7, 11) is 0. The van der Waals surface area contributed by atoms with E-state index in [-0.39, 0.29) is 0 Å². The smallest absolute Gasteiger partial charge is 0.143 e. The molecule has 0 bridgehead atoms. The van der Waals surface area contributed by atoms with Crippen LogP contribution in [0, 0.1) is 0 Å². The number of furan rings is 1. The lowest BCUT2D eigenvalue weighted by atomic mass is 9.95. The number of para-hydroxylation sites is 4. The van der Waals surface area contributed by atoms with Gasteiger partial charge in [0, 0.05) is 69.9 Å². The summed E-state index contributed by atoms with van der Waals surface area (Å²) in [5.41, 5.74) is 18.0. The Labute approximate surface area is 431 Å². The van der Waals surface area contributed by atoms with E-state index < -0.39 is 0 Å². The van der Waals surface area contributed by atoms with Gasteiger partial charge in [-0.15, -0.1) is 11.3 Å². The summed E-state index contributed by atoms with van der Waals surface area (Å²) >= 11 is 1.88. The third-order valence-electron chi connectivity index (χ3n) is 15.0. The summed E-state index contributed by atoms with van der Waals surface area (Å²) in [5.74, 6) is 0. The topological polar surface area (TPSA) is 21.3 Å². The number of rotatable bonds is 8. The van der Waals surface area contributed by atoms with Crippen LogP contribution in [-0.4, -0.2) is 4.57 Å². The summed E-state index contributed by atoms with van der Waals surface area (Å²) in [6, 6.07) is 97.1. The van der Waals surface area contributed by atoms with Crippen molar-refractivity contribution in [2.24, 2.45) is 0 Å². The Kier molecular flexibility index (Phi) is 9.75. The maximum atomic E-state index is 6.48. The van der Waals surface area contributed by atoms with Gasteiger partial charge in [-0.3, -0.25) is 0 Å². The fourth-order valence-corrected chi connectivity index (χ4v) is 12.8. The summed E-state index contributed by atoms with van der Waals surface area (Å²) in [4.78, 5) is 2.45. The van der Waals surface area contributed by atoms with Gasteiger partial charge >= 0.3 is 0 Å². The number of anilines is 3. The molecule has 346 valence electrons. The molecule has 12 aromatic carbocycles. The first-order chi connectivity index (χ1) is 36.7. The number of aromatic nitrogens is 1. The third-order valence-corrected chi connectivity index (χ3v) is 16.2.